The minimum absolute atomic E-state index is 0.215. The van der Waals surface area contributed by atoms with E-state index in [2.05, 4.69) is 0 Å². The number of benzene rings is 1. The van der Waals surface area contributed by atoms with Gasteiger partial charge in [-0.15, -0.1) is 0 Å². The third-order valence-electron chi connectivity index (χ3n) is 4.29. The van der Waals surface area contributed by atoms with Gasteiger partial charge in [-0.3, -0.25) is 0 Å². The molecule has 1 saturated heterocycles. The number of carboxylic acid groups (broad SMARTS) is 1. The summed E-state index contributed by atoms with van der Waals surface area (Å²) >= 11 is 0. The van der Waals surface area contributed by atoms with Crippen molar-refractivity contribution in [3.8, 4) is 0 Å². The number of rotatable bonds is 3. The summed E-state index contributed by atoms with van der Waals surface area (Å²) in [7, 11) is -3.85. The Balaban J connectivity index is 1.89. The molecule has 6 nitrogen and oxygen atoms in total. The predicted octanol–water partition coefficient (Wildman–Crippen LogP) is 1.47. The van der Waals surface area contributed by atoms with Crippen LogP contribution < -0.4 is 0 Å². The minimum Gasteiger partial charge on any atom is -0.478 e. The van der Waals surface area contributed by atoms with E-state index in [0.717, 1.165) is 37.5 Å². The van der Waals surface area contributed by atoms with Crippen molar-refractivity contribution >= 4 is 16.0 Å². The molecule has 1 saturated carbocycles. The Bertz CT molecular complexity index is 714. The SMILES string of the molecule is O=C(O)c1ccc(S(=O)(=O)N2CCOC3(CCC3)C2)cc1F. The van der Waals surface area contributed by atoms with Gasteiger partial charge in [-0.25, -0.2) is 17.6 Å². The van der Waals surface area contributed by atoms with Crippen LogP contribution in [0.5, 0.6) is 0 Å². The van der Waals surface area contributed by atoms with E-state index >= 15 is 0 Å². The van der Waals surface area contributed by atoms with Gasteiger partial charge in [0.2, 0.25) is 10.0 Å². The number of carboxylic acids is 1. The maximum Gasteiger partial charge on any atom is 0.338 e. The van der Waals surface area contributed by atoms with E-state index < -0.39 is 33.0 Å². The lowest BCUT2D eigenvalue weighted by Crippen LogP contribution is -2.56. The topological polar surface area (TPSA) is 83.9 Å². The summed E-state index contributed by atoms with van der Waals surface area (Å²) in [6, 6.07) is 2.87. The van der Waals surface area contributed by atoms with Gasteiger partial charge in [0.25, 0.3) is 0 Å². The second kappa shape index (κ2) is 5.29. The molecule has 0 aromatic heterocycles. The summed E-state index contributed by atoms with van der Waals surface area (Å²) in [4.78, 5) is 10.6. The van der Waals surface area contributed by atoms with Gasteiger partial charge in [0.15, 0.2) is 0 Å². The highest BCUT2D eigenvalue weighted by Gasteiger charge is 2.45. The molecule has 1 aliphatic heterocycles. The van der Waals surface area contributed by atoms with Gasteiger partial charge >= 0.3 is 5.97 Å². The maximum atomic E-state index is 13.7. The lowest BCUT2D eigenvalue weighted by atomic mass is 9.79. The van der Waals surface area contributed by atoms with Gasteiger partial charge in [-0.2, -0.15) is 4.31 Å². The first kappa shape index (κ1) is 15.4. The van der Waals surface area contributed by atoms with Crippen LogP contribution in [0.15, 0.2) is 23.1 Å². The number of aromatic carboxylic acids is 1. The van der Waals surface area contributed by atoms with E-state index in [9.17, 15) is 17.6 Å². The maximum absolute atomic E-state index is 13.7. The number of morpholine rings is 1. The van der Waals surface area contributed by atoms with Crippen molar-refractivity contribution in [3.63, 3.8) is 0 Å². The lowest BCUT2D eigenvalue weighted by molar-refractivity contribution is -0.135. The fraction of sp³-hybridized carbons (Fsp3) is 0.500. The highest BCUT2D eigenvalue weighted by atomic mass is 32.2. The van der Waals surface area contributed by atoms with Crippen molar-refractivity contribution in [2.24, 2.45) is 0 Å². The minimum atomic E-state index is -3.85. The van der Waals surface area contributed by atoms with Crippen molar-refractivity contribution in [1.29, 1.82) is 0 Å². The highest BCUT2D eigenvalue weighted by Crippen LogP contribution is 2.39. The van der Waals surface area contributed by atoms with Crippen LogP contribution in [-0.2, 0) is 14.8 Å². The van der Waals surface area contributed by atoms with Crippen molar-refractivity contribution in [1.82, 2.24) is 4.31 Å². The van der Waals surface area contributed by atoms with Crippen LogP contribution in [0.2, 0.25) is 0 Å². The van der Waals surface area contributed by atoms with Crippen molar-refractivity contribution in [2.45, 2.75) is 29.8 Å². The second-order valence-corrected chi connectivity index (χ2v) is 7.61. The lowest BCUT2D eigenvalue weighted by Gasteiger charge is -2.47. The predicted molar refractivity (Wildman–Crippen MR) is 74.7 cm³/mol. The monoisotopic (exact) mass is 329 g/mol. The second-order valence-electron chi connectivity index (χ2n) is 5.67. The molecule has 22 heavy (non-hydrogen) atoms. The number of ether oxygens (including phenoxy) is 1. The zero-order chi connectivity index (χ0) is 16.0. The van der Waals surface area contributed by atoms with Gasteiger partial charge in [0.1, 0.15) is 5.82 Å². The summed E-state index contributed by atoms with van der Waals surface area (Å²) in [6.07, 6.45) is 2.66. The molecule has 2 aliphatic rings. The molecule has 8 heteroatoms. The van der Waals surface area contributed by atoms with E-state index in [4.69, 9.17) is 9.84 Å². The van der Waals surface area contributed by atoms with Crippen LogP contribution in [0.3, 0.4) is 0 Å². The molecule has 2 fully saturated rings. The summed E-state index contributed by atoms with van der Waals surface area (Å²) in [5.74, 6) is -2.48. The Morgan fingerprint density at radius 1 is 1.36 bits per heavy atom. The Morgan fingerprint density at radius 3 is 2.64 bits per heavy atom. The van der Waals surface area contributed by atoms with Crippen molar-refractivity contribution in [3.05, 3.63) is 29.6 Å². The summed E-state index contributed by atoms with van der Waals surface area (Å²) < 4.78 is 45.9. The third kappa shape index (κ3) is 2.51. The van der Waals surface area contributed by atoms with E-state index in [0.29, 0.717) is 6.61 Å². The molecule has 1 heterocycles. The molecule has 120 valence electrons. The molecule has 0 unspecified atom stereocenters. The fourth-order valence-electron chi connectivity index (χ4n) is 2.87. The number of carbonyl (C=O) groups is 1. The van der Waals surface area contributed by atoms with Gasteiger partial charge in [-0.05, 0) is 37.5 Å². The van der Waals surface area contributed by atoms with Crippen LogP contribution in [0.1, 0.15) is 29.6 Å². The Morgan fingerprint density at radius 2 is 2.09 bits per heavy atom. The average Bonchev–Trinajstić information content (AvgIpc) is 2.45. The molecule has 1 aliphatic carbocycles. The zero-order valence-electron chi connectivity index (χ0n) is 11.8. The van der Waals surface area contributed by atoms with Crippen molar-refractivity contribution in [2.75, 3.05) is 19.7 Å². The first-order valence-electron chi connectivity index (χ1n) is 7.01. The molecule has 1 aromatic rings. The Hall–Kier alpha value is -1.51. The van der Waals surface area contributed by atoms with Crippen LogP contribution in [0, 0.1) is 5.82 Å². The van der Waals surface area contributed by atoms with Crippen LogP contribution in [0.4, 0.5) is 4.39 Å². The summed E-state index contributed by atoms with van der Waals surface area (Å²) in [6.45, 7) is 0.791. The van der Waals surface area contributed by atoms with E-state index in [-0.39, 0.29) is 18.0 Å². The van der Waals surface area contributed by atoms with Crippen LogP contribution in [0.25, 0.3) is 0 Å². The van der Waals surface area contributed by atoms with E-state index in [1.54, 1.807) is 0 Å². The Kier molecular flexibility index (Phi) is 3.70. The summed E-state index contributed by atoms with van der Waals surface area (Å²) in [5, 5.41) is 8.80. The molecule has 3 rings (SSSR count). The van der Waals surface area contributed by atoms with E-state index in [1.807, 2.05) is 0 Å². The molecule has 0 bridgehead atoms. The zero-order valence-corrected chi connectivity index (χ0v) is 12.6. The Labute approximate surface area is 127 Å². The number of hydrogen-bond donors (Lipinski definition) is 1. The molecular formula is C14H16FNO5S. The van der Waals surface area contributed by atoms with E-state index in [1.165, 1.54) is 4.31 Å². The van der Waals surface area contributed by atoms with Gasteiger partial charge in [-0.1, -0.05) is 0 Å². The van der Waals surface area contributed by atoms with Gasteiger partial charge in [0.05, 0.1) is 22.7 Å². The highest BCUT2D eigenvalue weighted by molar-refractivity contribution is 7.89. The first-order chi connectivity index (χ1) is 10.3. The van der Waals surface area contributed by atoms with Gasteiger partial charge < -0.3 is 9.84 Å². The molecule has 0 amide bonds. The molecule has 1 aromatic carbocycles. The molecule has 1 N–H and O–H groups in total. The van der Waals surface area contributed by atoms with Crippen LogP contribution >= 0.6 is 0 Å². The quantitative estimate of drug-likeness (QED) is 0.908. The standard InChI is InChI=1S/C14H16FNO5S/c15-12-8-10(2-3-11(12)13(17)18)22(19,20)16-6-7-21-14(9-16)4-1-5-14/h2-3,8H,1,4-7,9H2,(H,17,18). The van der Waals surface area contributed by atoms with Crippen LogP contribution in [-0.4, -0.2) is 49.1 Å². The molecule has 0 radical (unpaired) electrons. The largest absolute Gasteiger partial charge is 0.478 e. The third-order valence-corrected chi connectivity index (χ3v) is 6.13. The number of sulfonamides is 1. The van der Waals surface area contributed by atoms with Crippen molar-refractivity contribution < 1.29 is 27.4 Å². The first-order valence-corrected chi connectivity index (χ1v) is 8.45. The fourth-order valence-corrected chi connectivity index (χ4v) is 4.38. The smallest absolute Gasteiger partial charge is 0.338 e. The molecule has 0 atom stereocenters. The number of halogens is 1. The average molecular weight is 329 g/mol. The number of hydrogen-bond acceptors (Lipinski definition) is 4. The normalized spacial score (nSPS) is 21.5. The molecular weight excluding hydrogens is 313 g/mol. The number of nitrogens with zero attached hydrogens (tertiary/aromatic N) is 1. The summed E-state index contributed by atoms with van der Waals surface area (Å²) in [5.41, 5.74) is -0.943. The molecule has 1 spiro atoms. The van der Waals surface area contributed by atoms with Gasteiger partial charge in [0, 0.05) is 13.1 Å².